The fraction of sp³-hybridized carbons (Fsp3) is 0.312. The van der Waals surface area contributed by atoms with E-state index in [9.17, 15) is 14.7 Å². The summed E-state index contributed by atoms with van der Waals surface area (Å²) in [6.45, 7) is 3.54. The number of amides is 1. The maximum atomic E-state index is 13.3. The van der Waals surface area contributed by atoms with Gasteiger partial charge in [0.05, 0.1) is 25.8 Å². The number of aryl methyl sites for hydroxylation is 1. The summed E-state index contributed by atoms with van der Waals surface area (Å²) in [4.78, 5) is 30.1. The highest BCUT2D eigenvalue weighted by Crippen LogP contribution is 2.42. The van der Waals surface area contributed by atoms with Crippen molar-refractivity contribution in [3.05, 3.63) is 94.6 Å². The molecule has 3 aromatic rings. The molecule has 1 saturated heterocycles. The van der Waals surface area contributed by atoms with E-state index in [1.165, 1.54) is 12.0 Å². The predicted molar refractivity (Wildman–Crippen MR) is 154 cm³/mol. The maximum Gasteiger partial charge on any atom is 0.295 e. The summed E-state index contributed by atoms with van der Waals surface area (Å²) in [5.41, 5.74) is 3.32. The molecule has 1 N–H and O–H groups in total. The SMILES string of the molecule is COc1ccc(C2/C(=C(/O)c3ccc(OCc4ccccc4C)cc3)C(=O)C(=O)N2CCCN(C)C)cc1OC. The Kier molecular flexibility index (Phi) is 9.11. The quantitative estimate of drug-likeness (QED) is 0.207. The zero-order valence-electron chi connectivity index (χ0n) is 23.6. The zero-order chi connectivity index (χ0) is 28.8. The van der Waals surface area contributed by atoms with Gasteiger partial charge in [0.1, 0.15) is 18.1 Å². The summed E-state index contributed by atoms with van der Waals surface area (Å²) >= 11 is 0. The van der Waals surface area contributed by atoms with Crippen molar-refractivity contribution in [3.8, 4) is 17.2 Å². The zero-order valence-corrected chi connectivity index (χ0v) is 23.6. The van der Waals surface area contributed by atoms with Crippen LogP contribution in [-0.4, -0.2) is 68.0 Å². The van der Waals surface area contributed by atoms with Gasteiger partial charge in [0.25, 0.3) is 11.7 Å². The van der Waals surface area contributed by atoms with E-state index in [1.54, 1.807) is 49.6 Å². The van der Waals surface area contributed by atoms with Crippen LogP contribution in [0.15, 0.2) is 72.3 Å². The molecule has 8 nitrogen and oxygen atoms in total. The molecule has 0 spiro atoms. The number of benzene rings is 3. The topological polar surface area (TPSA) is 88.5 Å². The molecule has 0 aliphatic carbocycles. The van der Waals surface area contributed by atoms with Gasteiger partial charge in [-0.1, -0.05) is 30.3 Å². The number of methoxy groups -OCH3 is 2. The molecule has 0 aromatic heterocycles. The third kappa shape index (κ3) is 6.13. The Bertz CT molecular complexity index is 1400. The Balaban J connectivity index is 1.68. The van der Waals surface area contributed by atoms with Gasteiger partial charge in [-0.25, -0.2) is 0 Å². The third-order valence-corrected chi connectivity index (χ3v) is 7.05. The minimum atomic E-state index is -0.779. The average Bonchev–Trinajstić information content (AvgIpc) is 3.21. The Morgan fingerprint density at radius 1 is 0.950 bits per heavy atom. The summed E-state index contributed by atoms with van der Waals surface area (Å²) < 4.78 is 16.8. The van der Waals surface area contributed by atoms with Crippen molar-refractivity contribution in [1.29, 1.82) is 0 Å². The van der Waals surface area contributed by atoms with Gasteiger partial charge in [0, 0.05) is 12.1 Å². The second-order valence-electron chi connectivity index (χ2n) is 10.0. The van der Waals surface area contributed by atoms with Crippen LogP contribution in [0.2, 0.25) is 0 Å². The highest BCUT2D eigenvalue weighted by molar-refractivity contribution is 6.46. The van der Waals surface area contributed by atoms with E-state index in [-0.39, 0.29) is 11.3 Å². The lowest BCUT2D eigenvalue weighted by Gasteiger charge is -2.26. The van der Waals surface area contributed by atoms with Gasteiger partial charge in [0.2, 0.25) is 0 Å². The fourth-order valence-corrected chi connectivity index (χ4v) is 4.84. The molecule has 0 bridgehead atoms. The van der Waals surface area contributed by atoms with Crippen LogP contribution in [0.5, 0.6) is 17.2 Å². The van der Waals surface area contributed by atoms with E-state index in [4.69, 9.17) is 14.2 Å². The summed E-state index contributed by atoms with van der Waals surface area (Å²) in [5.74, 6) is 0.0190. The number of aliphatic hydroxyl groups is 1. The maximum absolute atomic E-state index is 13.3. The molecular formula is C32H36N2O6. The minimum absolute atomic E-state index is 0.0376. The summed E-state index contributed by atoms with van der Waals surface area (Å²) in [6.07, 6.45) is 0.663. The first-order valence-corrected chi connectivity index (χ1v) is 13.2. The molecule has 1 aliphatic rings. The van der Waals surface area contributed by atoms with Crippen molar-refractivity contribution in [3.63, 3.8) is 0 Å². The third-order valence-electron chi connectivity index (χ3n) is 7.05. The number of likely N-dealkylation sites (tertiary alicyclic amines) is 1. The van der Waals surface area contributed by atoms with Crippen LogP contribution in [0.3, 0.4) is 0 Å². The molecule has 0 saturated carbocycles. The van der Waals surface area contributed by atoms with Crippen LogP contribution < -0.4 is 14.2 Å². The standard InChI is InChI=1S/C32H36N2O6/c1-21-9-6-7-10-24(21)20-40-25-14-11-22(12-15-25)30(35)28-29(23-13-16-26(38-4)27(19-23)39-5)34(32(37)31(28)36)18-8-17-33(2)3/h6-7,9-16,19,29,35H,8,17-18,20H2,1-5H3/b30-28-. The van der Waals surface area contributed by atoms with Gasteiger partial charge in [-0.15, -0.1) is 0 Å². The Morgan fingerprint density at radius 3 is 2.30 bits per heavy atom. The van der Waals surface area contributed by atoms with Crippen molar-refractivity contribution in [2.75, 3.05) is 41.4 Å². The van der Waals surface area contributed by atoms with Gasteiger partial charge in [-0.3, -0.25) is 9.59 Å². The van der Waals surface area contributed by atoms with Gasteiger partial charge >= 0.3 is 0 Å². The van der Waals surface area contributed by atoms with E-state index in [1.807, 2.05) is 50.2 Å². The second-order valence-corrected chi connectivity index (χ2v) is 10.0. The van der Waals surface area contributed by atoms with Crippen molar-refractivity contribution in [1.82, 2.24) is 9.80 Å². The second kappa shape index (κ2) is 12.7. The molecular weight excluding hydrogens is 508 g/mol. The van der Waals surface area contributed by atoms with E-state index in [0.717, 1.165) is 17.7 Å². The molecule has 1 aliphatic heterocycles. The molecule has 1 atom stereocenters. The first kappa shape index (κ1) is 28.7. The van der Waals surface area contributed by atoms with Crippen LogP contribution in [0.25, 0.3) is 5.76 Å². The Morgan fingerprint density at radius 2 is 1.65 bits per heavy atom. The van der Waals surface area contributed by atoms with Crippen LogP contribution in [-0.2, 0) is 16.2 Å². The molecule has 40 heavy (non-hydrogen) atoms. The number of hydrogen-bond acceptors (Lipinski definition) is 7. The molecule has 1 fully saturated rings. The molecule has 1 heterocycles. The summed E-state index contributed by atoms with van der Waals surface area (Å²) in [7, 11) is 6.97. The largest absolute Gasteiger partial charge is 0.507 e. The normalized spacial score (nSPS) is 16.4. The van der Waals surface area contributed by atoms with Crippen LogP contribution >= 0.6 is 0 Å². The smallest absolute Gasteiger partial charge is 0.295 e. The molecule has 1 unspecified atom stereocenters. The van der Waals surface area contributed by atoms with Crippen LogP contribution in [0, 0.1) is 6.92 Å². The molecule has 8 heteroatoms. The van der Waals surface area contributed by atoms with Crippen molar-refractivity contribution < 1.29 is 28.9 Å². The Hall–Kier alpha value is -4.30. The van der Waals surface area contributed by atoms with Crippen molar-refractivity contribution >= 4 is 17.4 Å². The number of carbonyl (C=O) groups is 2. The number of ether oxygens (including phenoxy) is 3. The number of nitrogens with zero attached hydrogens (tertiary/aromatic N) is 2. The number of Topliss-reactive ketones (excluding diaryl/α,β-unsaturated/α-hetero) is 1. The Labute approximate surface area is 235 Å². The van der Waals surface area contributed by atoms with Crippen molar-refractivity contribution in [2.45, 2.75) is 26.0 Å². The fourth-order valence-electron chi connectivity index (χ4n) is 4.84. The van der Waals surface area contributed by atoms with Crippen LogP contribution in [0.1, 0.15) is 34.7 Å². The predicted octanol–water partition coefficient (Wildman–Crippen LogP) is 4.96. The molecule has 0 radical (unpaired) electrons. The highest BCUT2D eigenvalue weighted by atomic mass is 16.5. The first-order valence-electron chi connectivity index (χ1n) is 13.2. The van der Waals surface area contributed by atoms with Crippen molar-refractivity contribution in [2.24, 2.45) is 0 Å². The molecule has 4 rings (SSSR count). The number of aliphatic hydroxyl groups excluding tert-OH is 1. The number of rotatable bonds is 11. The van der Waals surface area contributed by atoms with Crippen LogP contribution in [0.4, 0.5) is 0 Å². The van der Waals surface area contributed by atoms with Gasteiger partial charge in [-0.2, -0.15) is 0 Å². The number of ketones is 1. The lowest BCUT2D eigenvalue weighted by Crippen LogP contribution is -2.32. The number of hydrogen-bond donors (Lipinski definition) is 1. The summed E-state index contributed by atoms with van der Waals surface area (Å²) in [5, 5.41) is 11.4. The van der Waals surface area contributed by atoms with E-state index >= 15 is 0 Å². The number of carbonyl (C=O) groups excluding carboxylic acids is 2. The molecule has 3 aromatic carbocycles. The lowest BCUT2D eigenvalue weighted by atomic mass is 9.95. The first-order chi connectivity index (χ1) is 19.2. The van der Waals surface area contributed by atoms with Gasteiger partial charge in [0.15, 0.2) is 11.5 Å². The molecule has 1 amide bonds. The molecule has 210 valence electrons. The van der Waals surface area contributed by atoms with Gasteiger partial charge < -0.3 is 29.1 Å². The monoisotopic (exact) mass is 544 g/mol. The van der Waals surface area contributed by atoms with E-state index in [2.05, 4.69) is 0 Å². The van der Waals surface area contributed by atoms with E-state index < -0.39 is 17.7 Å². The summed E-state index contributed by atoms with van der Waals surface area (Å²) in [6, 6.07) is 19.3. The highest BCUT2D eigenvalue weighted by Gasteiger charge is 2.46. The lowest BCUT2D eigenvalue weighted by molar-refractivity contribution is -0.139. The minimum Gasteiger partial charge on any atom is -0.507 e. The van der Waals surface area contributed by atoms with Gasteiger partial charge in [-0.05, 0) is 87.1 Å². The van der Waals surface area contributed by atoms with E-state index in [0.29, 0.717) is 47.9 Å². The average molecular weight is 545 g/mol.